The number of ether oxygens (including phenoxy) is 2. The molecule has 2 aromatic rings. The highest BCUT2D eigenvalue weighted by Gasteiger charge is 2.36. The monoisotopic (exact) mass is 467 g/mol. The largest absolute Gasteiger partial charge is 0.497 e. The molecule has 5 rings (SSSR count). The number of carbonyl (C=O) groups is 2. The maximum Gasteiger partial charge on any atom is 0.272 e. The van der Waals surface area contributed by atoms with Gasteiger partial charge in [-0.05, 0) is 49.3 Å². The molecule has 0 spiro atoms. The molecule has 0 aliphatic carbocycles. The third kappa shape index (κ3) is 5.33. The molecule has 1 aromatic carbocycles. The number of benzene rings is 1. The minimum absolute atomic E-state index is 0.0504. The summed E-state index contributed by atoms with van der Waals surface area (Å²) in [5.41, 5.74) is 0.684. The first-order valence-electron chi connectivity index (χ1n) is 12.0. The number of nitrogens with zero attached hydrogens (tertiary/aromatic N) is 3. The second-order valence-corrected chi connectivity index (χ2v) is 9.13. The van der Waals surface area contributed by atoms with Gasteiger partial charge in [0.25, 0.3) is 11.8 Å². The molecule has 1 N–H and O–H groups in total. The quantitative estimate of drug-likeness (QED) is 0.746. The van der Waals surface area contributed by atoms with Crippen molar-refractivity contribution in [2.24, 2.45) is 5.41 Å². The summed E-state index contributed by atoms with van der Waals surface area (Å²) in [5.74, 6) is 0.870. The summed E-state index contributed by atoms with van der Waals surface area (Å²) in [6.45, 7) is 2.57. The first-order valence-corrected chi connectivity index (χ1v) is 12.0. The maximum atomic E-state index is 13.3. The van der Waals surface area contributed by atoms with Crippen molar-refractivity contribution in [3.63, 3.8) is 0 Å². The minimum Gasteiger partial charge on any atom is -0.497 e. The second-order valence-electron chi connectivity index (χ2n) is 9.13. The zero-order valence-corrected chi connectivity index (χ0v) is 19.7. The number of hydrogen-bond donors (Lipinski definition) is 1. The molecule has 8 nitrogen and oxygen atoms in total. The fourth-order valence-corrected chi connectivity index (χ4v) is 4.81. The number of carbonyl (C=O) groups excluding carboxylic acids is 2. The normalized spacial score (nSPS) is 18.9. The van der Waals surface area contributed by atoms with Crippen molar-refractivity contribution in [3.8, 4) is 11.5 Å². The number of aliphatic hydroxyl groups excluding tert-OH is 1. The van der Waals surface area contributed by atoms with Crippen LogP contribution in [0, 0.1) is 5.41 Å². The minimum atomic E-state index is -0.180. The van der Waals surface area contributed by atoms with E-state index in [2.05, 4.69) is 4.98 Å². The molecule has 3 aliphatic rings. The van der Waals surface area contributed by atoms with Crippen LogP contribution in [0.2, 0.25) is 0 Å². The van der Waals surface area contributed by atoms with Gasteiger partial charge in [-0.25, -0.2) is 0 Å². The van der Waals surface area contributed by atoms with Crippen molar-refractivity contribution < 1.29 is 24.2 Å². The summed E-state index contributed by atoms with van der Waals surface area (Å²) < 4.78 is 11.3. The van der Waals surface area contributed by atoms with E-state index < -0.39 is 0 Å². The van der Waals surface area contributed by atoms with Crippen LogP contribution in [0.15, 0.2) is 42.6 Å². The van der Waals surface area contributed by atoms with E-state index in [1.165, 1.54) is 0 Å². The Kier molecular flexibility index (Phi) is 7.67. The Labute approximate surface area is 200 Å². The van der Waals surface area contributed by atoms with Crippen LogP contribution in [0.5, 0.6) is 11.5 Å². The molecule has 0 saturated carbocycles. The van der Waals surface area contributed by atoms with E-state index in [-0.39, 0.29) is 30.4 Å². The van der Waals surface area contributed by atoms with Gasteiger partial charge in [0.1, 0.15) is 23.8 Å². The summed E-state index contributed by atoms with van der Waals surface area (Å²) in [6, 6.07) is 10.6. The molecule has 0 radical (unpaired) electrons. The van der Waals surface area contributed by atoms with Crippen LogP contribution < -0.4 is 9.47 Å². The van der Waals surface area contributed by atoms with Crippen molar-refractivity contribution in [1.82, 2.24) is 14.8 Å². The van der Waals surface area contributed by atoms with Crippen LogP contribution in [-0.2, 0) is 0 Å². The topological polar surface area (TPSA) is 92.2 Å². The summed E-state index contributed by atoms with van der Waals surface area (Å²) in [4.78, 5) is 34.3. The van der Waals surface area contributed by atoms with Gasteiger partial charge in [0, 0.05) is 38.5 Å². The average molecular weight is 468 g/mol. The fraction of sp³-hybridized carbons (Fsp3) is 0.500. The zero-order valence-electron chi connectivity index (χ0n) is 19.7. The van der Waals surface area contributed by atoms with Crippen molar-refractivity contribution in [2.75, 3.05) is 46.5 Å². The van der Waals surface area contributed by atoms with Crippen LogP contribution in [0.3, 0.4) is 0 Å². The lowest BCUT2D eigenvalue weighted by Gasteiger charge is -2.41. The maximum absolute atomic E-state index is 13.3. The van der Waals surface area contributed by atoms with Gasteiger partial charge in [0.15, 0.2) is 0 Å². The highest BCUT2D eigenvalue weighted by molar-refractivity contribution is 5.97. The molecule has 182 valence electrons. The van der Waals surface area contributed by atoms with Gasteiger partial charge in [-0.1, -0.05) is 18.6 Å². The van der Waals surface area contributed by atoms with E-state index in [0.29, 0.717) is 48.9 Å². The number of rotatable bonds is 3. The smallest absolute Gasteiger partial charge is 0.272 e. The highest BCUT2D eigenvalue weighted by atomic mass is 16.5. The molecule has 4 heterocycles. The number of amides is 2. The van der Waals surface area contributed by atoms with Gasteiger partial charge < -0.3 is 24.4 Å². The Balaban J connectivity index is 1.57. The number of aliphatic hydroxyl groups is 1. The molecule has 1 saturated heterocycles. The lowest BCUT2D eigenvalue weighted by Crippen LogP contribution is -2.44. The van der Waals surface area contributed by atoms with Crippen molar-refractivity contribution in [3.05, 3.63) is 53.9 Å². The molecule has 34 heavy (non-hydrogen) atoms. The molecule has 8 heteroatoms. The van der Waals surface area contributed by atoms with Crippen LogP contribution in [-0.4, -0.2) is 78.2 Å². The lowest BCUT2D eigenvalue weighted by atomic mass is 9.75. The average Bonchev–Trinajstić information content (AvgIpc) is 2.90. The third-order valence-corrected chi connectivity index (χ3v) is 7.04. The Bertz CT molecular complexity index is 1000. The summed E-state index contributed by atoms with van der Waals surface area (Å²) >= 11 is 0. The predicted molar refractivity (Wildman–Crippen MR) is 127 cm³/mol. The molecular formula is C26H33N3O5. The SMILES string of the molecule is COc1ccnc(C(=O)N2CCCCC3(CO)CCN(CC3)C(=O)c3ccccc3OCC2)c1. The first-order chi connectivity index (χ1) is 16.5. The number of fused-ring (bicyclic) bond motifs is 9. The highest BCUT2D eigenvalue weighted by Crippen LogP contribution is 2.37. The number of pyridine rings is 1. The number of hydrogen-bond acceptors (Lipinski definition) is 6. The van der Waals surface area contributed by atoms with E-state index in [1.807, 2.05) is 17.0 Å². The van der Waals surface area contributed by atoms with E-state index in [4.69, 9.17) is 9.47 Å². The summed E-state index contributed by atoms with van der Waals surface area (Å²) in [6.07, 6.45) is 5.69. The molecule has 1 fully saturated rings. The van der Waals surface area contributed by atoms with E-state index in [0.717, 1.165) is 32.1 Å². The predicted octanol–water partition coefficient (Wildman–Crippen LogP) is 3.01. The number of para-hydroxylation sites is 1. The molecule has 2 amide bonds. The van der Waals surface area contributed by atoms with Crippen LogP contribution in [0.25, 0.3) is 0 Å². The lowest BCUT2D eigenvalue weighted by molar-refractivity contribution is 0.0297. The van der Waals surface area contributed by atoms with Crippen LogP contribution >= 0.6 is 0 Å². The molecular weight excluding hydrogens is 434 g/mol. The molecule has 3 aliphatic heterocycles. The molecule has 0 unspecified atom stereocenters. The van der Waals surface area contributed by atoms with E-state index in [9.17, 15) is 14.7 Å². The number of methoxy groups -OCH3 is 1. The van der Waals surface area contributed by atoms with Gasteiger partial charge >= 0.3 is 0 Å². The Morgan fingerprint density at radius 2 is 1.91 bits per heavy atom. The van der Waals surface area contributed by atoms with Gasteiger partial charge in [0.2, 0.25) is 0 Å². The van der Waals surface area contributed by atoms with Gasteiger partial charge in [-0.15, -0.1) is 0 Å². The van der Waals surface area contributed by atoms with Crippen molar-refractivity contribution in [2.45, 2.75) is 32.1 Å². The molecule has 0 atom stereocenters. The Morgan fingerprint density at radius 3 is 2.68 bits per heavy atom. The summed E-state index contributed by atoms with van der Waals surface area (Å²) in [5, 5.41) is 10.2. The zero-order chi connectivity index (χ0) is 24.0. The summed E-state index contributed by atoms with van der Waals surface area (Å²) in [7, 11) is 1.56. The molecule has 2 bridgehead atoms. The Morgan fingerprint density at radius 1 is 1.12 bits per heavy atom. The van der Waals surface area contributed by atoms with Crippen molar-refractivity contribution in [1.29, 1.82) is 0 Å². The molecule has 1 aromatic heterocycles. The third-order valence-electron chi connectivity index (χ3n) is 7.04. The van der Waals surface area contributed by atoms with Crippen molar-refractivity contribution >= 4 is 11.8 Å². The van der Waals surface area contributed by atoms with Gasteiger partial charge in [-0.3, -0.25) is 14.6 Å². The van der Waals surface area contributed by atoms with Crippen LogP contribution in [0.4, 0.5) is 0 Å². The van der Waals surface area contributed by atoms with Crippen LogP contribution in [0.1, 0.15) is 53.0 Å². The van der Waals surface area contributed by atoms with Gasteiger partial charge in [0.05, 0.1) is 19.2 Å². The van der Waals surface area contributed by atoms with Gasteiger partial charge in [-0.2, -0.15) is 0 Å². The Hall–Kier alpha value is -3.13. The number of piperidine rings is 1. The van der Waals surface area contributed by atoms with E-state index in [1.54, 1.807) is 42.5 Å². The standard InChI is InChI=1S/C26H33N3O5/c1-33-20-8-12-27-22(18-20)25(32)28-13-5-4-9-26(19-30)10-14-29(15-11-26)24(31)21-6-2-3-7-23(21)34-17-16-28/h2-3,6-8,12,18,30H,4-5,9-11,13-17,19H2,1H3. The van der Waals surface area contributed by atoms with E-state index >= 15 is 0 Å². The first kappa shape index (κ1) is 24.0. The fourth-order valence-electron chi connectivity index (χ4n) is 4.81. The number of aromatic nitrogens is 1. The second kappa shape index (κ2) is 10.9.